The summed E-state index contributed by atoms with van der Waals surface area (Å²) < 4.78 is 5.01. The molecule has 0 fully saturated rings. The lowest BCUT2D eigenvalue weighted by Gasteiger charge is -2.19. The SMILES string of the molecule is CCC(COC)Nc1c(Cl)cc([N+](=O)[O-])cc1C(=O)O. The highest BCUT2D eigenvalue weighted by Gasteiger charge is 2.21. The Bertz CT molecular complexity index is 521. The van der Waals surface area contributed by atoms with Gasteiger partial charge in [0.1, 0.15) is 0 Å². The number of aromatic carboxylic acids is 1. The number of non-ortho nitro benzene ring substituents is 1. The van der Waals surface area contributed by atoms with E-state index in [0.717, 1.165) is 12.1 Å². The molecule has 0 aliphatic rings. The van der Waals surface area contributed by atoms with Gasteiger partial charge in [0.15, 0.2) is 0 Å². The molecule has 7 nitrogen and oxygen atoms in total. The van der Waals surface area contributed by atoms with Crippen LogP contribution in [0, 0.1) is 10.1 Å². The van der Waals surface area contributed by atoms with E-state index in [1.807, 2.05) is 6.92 Å². The van der Waals surface area contributed by atoms with Gasteiger partial charge in [-0.05, 0) is 6.42 Å². The van der Waals surface area contributed by atoms with E-state index in [-0.39, 0.29) is 28.0 Å². The number of anilines is 1. The molecule has 0 amide bonds. The first-order valence-corrected chi connectivity index (χ1v) is 6.25. The minimum atomic E-state index is -1.29. The van der Waals surface area contributed by atoms with E-state index in [0.29, 0.717) is 13.0 Å². The van der Waals surface area contributed by atoms with Crippen LogP contribution in [0.3, 0.4) is 0 Å². The lowest BCUT2D eigenvalue weighted by atomic mass is 10.1. The first-order chi connectivity index (χ1) is 9.40. The molecule has 0 aliphatic carbocycles. The highest BCUT2D eigenvalue weighted by molar-refractivity contribution is 6.34. The number of carbonyl (C=O) groups is 1. The van der Waals surface area contributed by atoms with Crippen LogP contribution < -0.4 is 5.32 Å². The van der Waals surface area contributed by atoms with Crippen molar-refractivity contribution in [2.24, 2.45) is 0 Å². The zero-order valence-electron chi connectivity index (χ0n) is 11.1. The van der Waals surface area contributed by atoms with Crippen molar-refractivity contribution in [3.63, 3.8) is 0 Å². The predicted octanol–water partition coefficient (Wildman–Crippen LogP) is 2.78. The van der Waals surface area contributed by atoms with Gasteiger partial charge in [-0.3, -0.25) is 10.1 Å². The lowest BCUT2D eigenvalue weighted by Crippen LogP contribution is -2.25. The van der Waals surface area contributed by atoms with Crippen molar-refractivity contribution >= 4 is 28.9 Å². The second kappa shape index (κ2) is 7.06. The molecule has 0 saturated carbocycles. The standard InChI is InChI=1S/C12H15ClN2O5/c1-3-7(6-20-2)14-11-9(12(16)17)4-8(15(18)19)5-10(11)13/h4-5,7,14H,3,6H2,1-2H3,(H,16,17). The molecule has 0 saturated heterocycles. The number of benzene rings is 1. The third kappa shape index (κ3) is 3.82. The van der Waals surface area contributed by atoms with Gasteiger partial charge in [-0.25, -0.2) is 4.79 Å². The highest BCUT2D eigenvalue weighted by atomic mass is 35.5. The summed E-state index contributed by atoms with van der Waals surface area (Å²) in [5.74, 6) is -1.29. The van der Waals surface area contributed by atoms with Crippen molar-refractivity contribution < 1.29 is 19.6 Å². The topological polar surface area (TPSA) is 102 Å². The first kappa shape index (κ1) is 16.2. The first-order valence-electron chi connectivity index (χ1n) is 5.87. The Morgan fingerprint density at radius 3 is 2.70 bits per heavy atom. The summed E-state index contributed by atoms with van der Waals surface area (Å²) >= 11 is 5.95. The number of halogens is 1. The number of hydrogen-bond acceptors (Lipinski definition) is 5. The maximum absolute atomic E-state index is 11.2. The summed E-state index contributed by atoms with van der Waals surface area (Å²) in [5, 5.41) is 22.8. The Morgan fingerprint density at radius 2 is 2.25 bits per heavy atom. The van der Waals surface area contributed by atoms with E-state index >= 15 is 0 Å². The molecule has 20 heavy (non-hydrogen) atoms. The van der Waals surface area contributed by atoms with Gasteiger partial charge in [-0.2, -0.15) is 0 Å². The van der Waals surface area contributed by atoms with Crippen molar-refractivity contribution in [2.75, 3.05) is 19.0 Å². The molecular weight excluding hydrogens is 288 g/mol. The number of hydrogen-bond donors (Lipinski definition) is 2. The molecular formula is C12H15ClN2O5. The lowest BCUT2D eigenvalue weighted by molar-refractivity contribution is -0.384. The number of nitrogens with one attached hydrogen (secondary N) is 1. The molecule has 1 rings (SSSR count). The Morgan fingerprint density at radius 1 is 1.60 bits per heavy atom. The normalized spacial score (nSPS) is 11.9. The van der Waals surface area contributed by atoms with E-state index < -0.39 is 10.9 Å². The monoisotopic (exact) mass is 302 g/mol. The molecule has 1 atom stereocenters. The summed E-state index contributed by atoms with van der Waals surface area (Å²) in [6, 6.07) is 1.96. The molecule has 2 N–H and O–H groups in total. The van der Waals surface area contributed by atoms with Gasteiger partial charge in [0.2, 0.25) is 0 Å². The number of methoxy groups -OCH3 is 1. The Labute approximate surface area is 120 Å². The van der Waals surface area contributed by atoms with Gasteiger partial charge in [0.25, 0.3) is 5.69 Å². The van der Waals surface area contributed by atoms with Crippen LogP contribution in [0.2, 0.25) is 5.02 Å². The molecule has 1 aromatic rings. The number of nitro benzene ring substituents is 1. The minimum Gasteiger partial charge on any atom is -0.478 e. The number of ether oxygens (including phenoxy) is 1. The fourth-order valence-electron chi connectivity index (χ4n) is 1.68. The van der Waals surface area contributed by atoms with Gasteiger partial charge >= 0.3 is 5.97 Å². The average molecular weight is 303 g/mol. The van der Waals surface area contributed by atoms with Crippen LogP contribution >= 0.6 is 11.6 Å². The zero-order valence-corrected chi connectivity index (χ0v) is 11.8. The van der Waals surface area contributed by atoms with Crippen LogP contribution in [0.1, 0.15) is 23.7 Å². The van der Waals surface area contributed by atoms with Crippen LogP contribution in [-0.4, -0.2) is 35.8 Å². The molecule has 0 aliphatic heterocycles. The fourth-order valence-corrected chi connectivity index (χ4v) is 1.95. The molecule has 1 aromatic carbocycles. The van der Waals surface area contributed by atoms with Crippen molar-refractivity contribution in [3.05, 3.63) is 32.8 Å². The van der Waals surface area contributed by atoms with Gasteiger partial charge in [-0.1, -0.05) is 18.5 Å². The molecule has 0 spiro atoms. The third-order valence-electron chi connectivity index (χ3n) is 2.73. The van der Waals surface area contributed by atoms with E-state index in [1.165, 1.54) is 7.11 Å². The number of nitro groups is 1. The molecule has 0 aromatic heterocycles. The Balaban J connectivity index is 3.23. The summed E-state index contributed by atoms with van der Waals surface area (Å²) in [4.78, 5) is 21.3. The highest BCUT2D eigenvalue weighted by Crippen LogP contribution is 2.32. The Kier molecular flexibility index (Phi) is 5.72. The third-order valence-corrected chi connectivity index (χ3v) is 3.02. The van der Waals surface area contributed by atoms with Crippen LogP contribution in [0.25, 0.3) is 0 Å². The minimum absolute atomic E-state index is 0.00819. The second-order valence-corrected chi connectivity index (χ2v) is 4.52. The molecule has 110 valence electrons. The second-order valence-electron chi connectivity index (χ2n) is 4.12. The van der Waals surface area contributed by atoms with Crippen molar-refractivity contribution in [3.8, 4) is 0 Å². The summed E-state index contributed by atoms with van der Waals surface area (Å²) in [6.07, 6.45) is 0.681. The van der Waals surface area contributed by atoms with Crippen molar-refractivity contribution in [1.82, 2.24) is 0 Å². The smallest absolute Gasteiger partial charge is 0.338 e. The zero-order chi connectivity index (χ0) is 15.3. The van der Waals surface area contributed by atoms with Gasteiger partial charge in [0, 0.05) is 25.3 Å². The summed E-state index contributed by atoms with van der Waals surface area (Å²) in [7, 11) is 1.53. The molecule has 0 bridgehead atoms. The van der Waals surface area contributed by atoms with Gasteiger partial charge in [0.05, 0.1) is 27.8 Å². The van der Waals surface area contributed by atoms with Crippen molar-refractivity contribution in [2.45, 2.75) is 19.4 Å². The van der Waals surface area contributed by atoms with E-state index in [1.54, 1.807) is 0 Å². The average Bonchev–Trinajstić information content (AvgIpc) is 2.39. The predicted molar refractivity (Wildman–Crippen MR) is 74.6 cm³/mol. The van der Waals surface area contributed by atoms with Crippen molar-refractivity contribution in [1.29, 1.82) is 0 Å². The number of carboxylic acids is 1. The quantitative estimate of drug-likeness (QED) is 0.593. The van der Waals surface area contributed by atoms with E-state index in [9.17, 15) is 14.9 Å². The van der Waals surface area contributed by atoms with Crippen LogP contribution in [0.15, 0.2) is 12.1 Å². The number of rotatable bonds is 7. The van der Waals surface area contributed by atoms with Crippen LogP contribution in [0.4, 0.5) is 11.4 Å². The van der Waals surface area contributed by atoms with Crippen LogP contribution in [0.5, 0.6) is 0 Å². The van der Waals surface area contributed by atoms with E-state index in [4.69, 9.17) is 21.4 Å². The fraction of sp³-hybridized carbons (Fsp3) is 0.417. The Hall–Kier alpha value is -1.86. The molecule has 0 radical (unpaired) electrons. The van der Waals surface area contributed by atoms with Gasteiger partial charge in [-0.15, -0.1) is 0 Å². The van der Waals surface area contributed by atoms with Crippen LogP contribution in [-0.2, 0) is 4.74 Å². The molecule has 0 heterocycles. The number of nitrogens with zero attached hydrogens (tertiary/aromatic N) is 1. The number of carboxylic acid groups (broad SMARTS) is 1. The largest absolute Gasteiger partial charge is 0.478 e. The van der Waals surface area contributed by atoms with Gasteiger partial charge < -0.3 is 15.2 Å². The summed E-state index contributed by atoms with van der Waals surface area (Å²) in [5.41, 5.74) is -0.440. The maximum Gasteiger partial charge on any atom is 0.338 e. The maximum atomic E-state index is 11.2. The molecule has 8 heteroatoms. The van der Waals surface area contributed by atoms with E-state index in [2.05, 4.69) is 5.32 Å². The molecule has 1 unspecified atom stereocenters. The summed E-state index contributed by atoms with van der Waals surface area (Å²) in [6.45, 7) is 2.26.